The molecule has 0 unspecified atom stereocenters. The van der Waals surface area contributed by atoms with Gasteiger partial charge in [-0.1, -0.05) is 13.8 Å². The van der Waals surface area contributed by atoms with Crippen LogP contribution in [0.2, 0.25) is 0 Å². The van der Waals surface area contributed by atoms with Gasteiger partial charge in [-0.15, -0.1) is 0 Å². The van der Waals surface area contributed by atoms with E-state index < -0.39 is 0 Å². The quantitative estimate of drug-likeness (QED) is 0.622. The Hall–Kier alpha value is -1.32. The highest BCUT2D eigenvalue weighted by Crippen LogP contribution is 1.92. The monoisotopic (exact) mass is 154 g/mol. The Bertz CT molecular complexity index is 229. The molecule has 0 saturated carbocycles. The summed E-state index contributed by atoms with van der Waals surface area (Å²) >= 11 is 0. The molecule has 1 rings (SSSR count). The van der Waals surface area contributed by atoms with Crippen LogP contribution < -0.4 is 4.84 Å². The fraction of sp³-hybridized carbons (Fsp3) is 0.429. The van der Waals surface area contributed by atoms with Crippen molar-refractivity contribution in [2.24, 2.45) is 5.92 Å². The molecule has 0 spiro atoms. The van der Waals surface area contributed by atoms with E-state index in [1.54, 1.807) is 26.2 Å². The van der Waals surface area contributed by atoms with Crippen LogP contribution in [-0.4, -0.2) is 15.7 Å². The number of carbonyl (C=O) groups excluding carboxylic acids is 1. The molecule has 0 bridgehead atoms. The van der Waals surface area contributed by atoms with Gasteiger partial charge in [0.15, 0.2) is 0 Å². The van der Waals surface area contributed by atoms with Crippen molar-refractivity contribution in [3.63, 3.8) is 0 Å². The van der Waals surface area contributed by atoms with Gasteiger partial charge in [-0.3, -0.25) is 0 Å². The Labute approximate surface area is 64.8 Å². The molecule has 0 aliphatic rings. The number of imidazole rings is 1. The van der Waals surface area contributed by atoms with Gasteiger partial charge < -0.3 is 4.84 Å². The van der Waals surface area contributed by atoms with Crippen LogP contribution in [0.1, 0.15) is 13.8 Å². The molecule has 1 aromatic heterocycles. The third-order valence-corrected chi connectivity index (χ3v) is 1.15. The van der Waals surface area contributed by atoms with E-state index in [4.69, 9.17) is 4.84 Å². The number of hydrogen-bond donors (Lipinski definition) is 0. The summed E-state index contributed by atoms with van der Waals surface area (Å²) in [4.78, 5) is 19.5. The van der Waals surface area contributed by atoms with Gasteiger partial charge >= 0.3 is 5.97 Å². The lowest BCUT2D eigenvalue weighted by molar-refractivity contribution is -0.147. The lowest BCUT2D eigenvalue weighted by Gasteiger charge is -2.04. The van der Waals surface area contributed by atoms with Crippen molar-refractivity contribution in [1.29, 1.82) is 0 Å². The third kappa shape index (κ3) is 2.07. The number of carbonyl (C=O) groups is 1. The van der Waals surface area contributed by atoms with Crippen LogP contribution in [0.25, 0.3) is 0 Å². The maximum atomic E-state index is 10.9. The van der Waals surface area contributed by atoms with E-state index in [1.807, 2.05) is 0 Å². The highest BCUT2D eigenvalue weighted by molar-refractivity contribution is 5.71. The zero-order valence-corrected chi connectivity index (χ0v) is 6.52. The SMILES string of the molecule is CC(C)C(=O)On1ccnc1. The van der Waals surface area contributed by atoms with Gasteiger partial charge in [-0.25, -0.2) is 9.78 Å². The fourth-order valence-corrected chi connectivity index (χ4v) is 0.510. The average molecular weight is 154 g/mol. The van der Waals surface area contributed by atoms with Gasteiger partial charge in [-0.2, -0.15) is 4.73 Å². The van der Waals surface area contributed by atoms with Gasteiger partial charge in [0.1, 0.15) is 6.33 Å². The summed E-state index contributed by atoms with van der Waals surface area (Å²) in [6.45, 7) is 3.55. The van der Waals surface area contributed by atoms with E-state index in [2.05, 4.69) is 4.98 Å². The Morgan fingerprint density at radius 3 is 2.82 bits per heavy atom. The Kier molecular flexibility index (Phi) is 2.25. The first-order valence-electron chi connectivity index (χ1n) is 3.40. The van der Waals surface area contributed by atoms with E-state index in [0.29, 0.717) is 0 Å². The molecule has 0 aliphatic heterocycles. The molecule has 0 N–H and O–H groups in total. The van der Waals surface area contributed by atoms with Crippen molar-refractivity contribution >= 4 is 5.97 Å². The second-order valence-corrected chi connectivity index (χ2v) is 2.49. The number of nitrogens with zero attached hydrogens (tertiary/aromatic N) is 2. The molecule has 0 radical (unpaired) electrons. The summed E-state index contributed by atoms with van der Waals surface area (Å²) in [5.41, 5.74) is 0. The van der Waals surface area contributed by atoms with Crippen LogP contribution in [0.4, 0.5) is 0 Å². The maximum absolute atomic E-state index is 10.9. The second-order valence-electron chi connectivity index (χ2n) is 2.49. The summed E-state index contributed by atoms with van der Waals surface area (Å²) in [5, 5.41) is 0. The molecule has 1 heterocycles. The summed E-state index contributed by atoms with van der Waals surface area (Å²) < 4.78 is 1.28. The first kappa shape index (κ1) is 7.78. The molecule has 1 aromatic rings. The van der Waals surface area contributed by atoms with Crippen LogP contribution in [0.3, 0.4) is 0 Å². The number of hydrogen-bond acceptors (Lipinski definition) is 3. The summed E-state index contributed by atoms with van der Waals surface area (Å²) in [5.74, 6) is -0.375. The lowest BCUT2D eigenvalue weighted by Crippen LogP contribution is -2.22. The largest absolute Gasteiger partial charge is 0.335 e. The topological polar surface area (TPSA) is 44.1 Å². The van der Waals surface area contributed by atoms with Crippen molar-refractivity contribution in [2.75, 3.05) is 0 Å². The summed E-state index contributed by atoms with van der Waals surface area (Å²) in [6, 6.07) is 0. The highest BCUT2D eigenvalue weighted by atomic mass is 16.7. The number of aromatic nitrogens is 2. The van der Waals surface area contributed by atoms with Gasteiger partial charge in [0.25, 0.3) is 0 Å². The van der Waals surface area contributed by atoms with E-state index in [1.165, 1.54) is 11.1 Å². The van der Waals surface area contributed by atoms with Crippen LogP contribution >= 0.6 is 0 Å². The summed E-state index contributed by atoms with van der Waals surface area (Å²) in [6.07, 6.45) is 4.55. The van der Waals surface area contributed by atoms with Gasteiger partial charge in [-0.05, 0) is 0 Å². The molecule has 0 saturated heterocycles. The lowest BCUT2D eigenvalue weighted by atomic mass is 10.2. The van der Waals surface area contributed by atoms with Gasteiger partial charge in [0.05, 0.1) is 12.1 Å². The van der Waals surface area contributed by atoms with Crippen LogP contribution in [0, 0.1) is 5.92 Å². The minimum absolute atomic E-state index is 0.114. The van der Waals surface area contributed by atoms with Crippen LogP contribution in [-0.2, 0) is 4.79 Å². The zero-order valence-electron chi connectivity index (χ0n) is 6.52. The Morgan fingerprint density at radius 1 is 1.64 bits per heavy atom. The van der Waals surface area contributed by atoms with E-state index in [0.717, 1.165) is 0 Å². The molecule has 60 valence electrons. The van der Waals surface area contributed by atoms with Crippen molar-refractivity contribution in [1.82, 2.24) is 9.71 Å². The molecule has 4 heteroatoms. The molecule has 11 heavy (non-hydrogen) atoms. The smallest absolute Gasteiger partial charge is 0.335 e. The van der Waals surface area contributed by atoms with Crippen molar-refractivity contribution in [2.45, 2.75) is 13.8 Å². The fourth-order valence-electron chi connectivity index (χ4n) is 0.510. The minimum Gasteiger partial charge on any atom is -0.335 e. The van der Waals surface area contributed by atoms with Gasteiger partial charge in [0, 0.05) is 6.20 Å². The van der Waals surface area contributed by atoms with E-state index in [9.17, 15) is 4.79 Å². The van der Waals surface area contributed by atoms with Gasteiger partial charge in [0.2, 0.25) is 0 Å². The first-order valence-corrected chi connectivity index (χ1v) is 3.40. The first-order chi connectivity index (χ1) is 5.20. The molecular formula is C7H10N2O2. The van der Waals surface area contributed by atoms with Crippen molar-refractivity contribution in [3.8, 4) is 0 Å². The second kappa shape index (κ2) is 3.18. The predicted molar refractivity (Wildman–Crippen MR) is 38.7 cm³/mol. The van der Waals surface area contributed by atoms with Crippen molar-refractivity contribution < 1.29 is 9.63 Å². The molecular weight excluding hydrogens is 144 g/mol. The minimum atomic E-state index is -0.261. The predicted octanol–water partition coefficient (Wildman–Crippen LogP) is 0.494. The standard InChI is InChI=1S/C7H10N2O2/c1-6(2)7(10)11-9-4-3-8-5-9/h3-6H,1-2H3. The zero-order chi connectivity index (χ0) is 8.27. The molecule has 0 amide bonds. The molecule has 4 nitrogen and oxygen atoms in total. The Balaban J connectivity index is 2.50. The maximum Gasteiger partial charge on any atom is 0.335 e. The molecule has 0 aromatic carbocycles. The molecule has 0 fully saturated rings. The Morgan fingerprint density at radius 2 is 2.36 bits per heavy atom. The van der Waals surface area contributed by atoms with Crippen molar-refractivity contribution in [3.05, 3.63) is 18.7 Å². The number of rotatable bonds is 2. The van der Waals surface area contributed by atoms with Crippen LogP contribution in [0.5, 0.6) is 0 Å². The van der Waals surface area contributed by atoms with E-state index in [-0.39, 0.29) is 11.9 Å². The van der Waals surface area contributed by atoms with Crippen LogP contribution in [0.15, 0.2) is 18.7 Å². The summed E-state index contributed by atoms with van der Waals surface area (Å²) in [7, 11) is 0. The average Bonchev–Trinajstić information content (AvgIpc) is 2.39. The normalized spacial score (nSPS) is 10.1. The molecule has 0 aliphatic carbocycles. The third-order valence-electron chi connectivity index (χ3n) is 1.15. The highest BCUT2D eigenvalue weighted by Gasteiger charge is 2.08. The molecule has 0 atom stereocenters. The van der Waals surface area contributed by atoms with E-state index >= 15 is 0 Å².